The highest BCUT2D eigenvalue weighted by Crippen LogP contribution is 2.36. The van der Waals surface area contributed by atoms with Gasteiger partial charge in [-0.15, -0.1) is 0 Å². The number of carbonyl (C=O) groups excluding carboxylic acids is 3. The summed E-state index contributed by atoms with van der Waals surface area (Å²) in [5.74, 6) is -0.626. The fourth-order valence-corrected chi connectivity index (χ4v) is 3.35. The Morgan fingerprint density at radius 2 is 2.03 bits per heavy atom. The molecule has 0 bridgehead atoms. The number of furan rings is 1. The maximum atomic E-state index is 12.3. The molecule has 29 heavy (non-hydrogen) atoms. The van der Waals surface area contributed by atoms with Crippen molar-refractivity contribution in [2.45, 2.75) is 0 Å². The molecule has 1 saturated heterocycles. The molecule has 1 aromatic carbocycles. The van der Waals surface area contributed by atoms with Crippen LogP contribution in [0.15, 0.2) is 39.7 Å². The topological polar surface area (TPSA) is 129 Å². The van der Waals surface area contributed by atoms with E-state index in [0.717, 1.165) is 12.0 Å². The minimum Gasteiger partial charge on any atom is -0.497 e. The molecule has 0 atom stereocenters. The van der Waals surface area contributed by atoms with Gasteiger partial charge in [0, 0.05) is 6.08 Å². The first-order valence-corrected chi connectivity index (χ1v) is 8.90. The molecule has 1 aliphatic rings. The van der Waals surface area contributed by atoms with Crippen LogP contribution >= 0.6 is 11.8 Å². The van der Waals surface area contributed by atoms with E-state index in [2.05, 4.69) is 4.74 Å². The van der Waals surface area contributed by atoms with Crippen molar-refractivity contribution in [1.29, 1.82) is 0 Å². The van der Waals surface area contributed by atoms with Crippen LogP contribution < -0.4 is 4.74 Å². The van der Waals surface area contributed by atoms with Crippen LogP contribution in [0.3, 0.4) is 0 Å². The monoisotopic (exact) mass is 418 g/mol. The van der Waals surface area contributed by atoms with Gasteiger partial charge in [0.25, 0.3) is 16.8 Å². The number of thioether (sulfide) groups is 1. The van der Waals surface area contributed by atoms with E-state index in [4.69, 9.17) is 9.15 Å². The highest BCUT2D eigenvalue weighted by atomic mass is 32.2. The number of rotatable bonds is 6. The lowest BCUT2D eigenvalue weighted by atomic mass is 10.1. The van der Waals surface area contributed by atoms with Crippen molar-refractivity contribution in [3.8, 4) is 17.1 Å². The Balaban J connectivity index is 1.88. The highest BCUT2D eigenvalue weighted by molar-refractivity contribution is 8.18. The summed E-state index contributed by atoms with van der Waals surface area (Å²) in [6.07, 6.45) is 1.33. The Morgan fingerprint density at radius 3 is 2.69 bits per heavy atom. The van der Waals surface area contributed by atoms with E-state index in [-0.39, 0.29) is 27.7 Å². The lowest BCUT2D eigenvalue weighted by molar-refractivity contribution is -0.384. The van der Waals surface area contributed by atoms with Crippen molar-refractivity contribution in [1.82, 2.24) is 4.90 Å². The molecule has 2 heterocycles. The number of nitrogens with zero attached hydrogens (tertiary/aromatic N) is 2. The number of hydrogen-bond donors (Lipinski definition) is 0. The number of nitro groups is 1. The number of methoxy groups -OCH3 is 2. The number of imide groups is 1. The molecule has 0 saturated carbocycles. The van der Waals surface area contributed by atoms with Gasteiger partial charge in [-0.25, -0.2) is 0 Å². The number of ether oxygens (including phenoxy) is 2. The molecule has 1 fully saturated rings. The summed E-state index contributed by atoms with van der Waals surface area (Å²) in [6, 6.07) is 7.35. The zero-order valence-electron chi connectivity index (χ0n) is 15.2. The highest BCUT2D eigenvalue weighted by Gasteiger charge is 2.36. The van der Waals surface area contributed by atoms with Gasteiger partial charge in [-0.05, 0) is 36.0 Å². The summed E-state index contributed by atoms with van der Waals surface area (Å²) >= 11 is 0.653. The van der Waals surface area contributed by atoms with Gasteiger partial charge < -0.3 is 13.9 Å². The molecule has 11 heteroatoms. The zero-order valence-corrected chi connectivity index (χ0v) is 16.1. The average molecular weight is 418 g/mol. The number of esters is 1. The molecule has 1 aromatic heterocycles. The average Bonchev–Trinajstić information content (AvgIpc) is 3.27. The van der Waals surface area contributed by atoms with Crippen molar-refractivity contribution in [3.05, 3.63) is 51.1 Å². The third-order valence-corrected chi connectivity index (χ3v) is 4.86. The zero-order chi connectivity index (χ0) is 21.1. The van der Waals surface area contributed by atoms with E-state index in [1.807, 2.05) is 0 Å². The Hall–Kier alpha value is -3.60. The Bertz CT molecular complexity index is 1040. The van der Waals surface area contributed by atoms with Crippen LogP contribution in [0.4, 0.5) is 10.5 Å². The molecular weight excluding hydrogens is 404 g/mol. The first-order chi connectivity index (χ1) is 13.8. The van der Waals surface area contributed by atoms with Crippen molar-refractivity contribution in [2.75, 3.05) is 20.8 Å². The molecule has 1 aliphatic heterocycles. The maximum Gasteiger partial charge on any atom is 0.325 e. The first-order valence-electron chi connectivity index (χ1n) is 8.09. The van der Waals surface area contributed by atoms with E-state index in [0.29, 0.717) is 17.5 Å². The minimum absolute atomic E-state index is 0.0593. The molecule has 0 unspecified atom stereocenters. The molecule has 0 spiro atoms. The summed E-state index contributed by atoms with van der Waals surface area (Å²) in [5.41, 5.74) is 0.0258. The van der Waals surface area contributed by atoms with Crippen LogP contribution in [0.1, 0.15) is 5.76 Å². The fourth-order valence-electron chi connectivity index (χ4n) is 2.53. The second kappa shape index (κ2) is 8.19. The molecule has 0 aliphatic carbocycles. The van der Waals surface area contributed by atoms with Crippen LogP contribution in [-0.4, -0.2) is 47.7 Å². The summed E-state index contributed by atoms with van der Waals surface area (Å²) in [5, 5.41) is 10.7. The van der Waals surface area contributed by atoms with E-state index in [1.165, 1.54) is 37.5 Å². The number of hydrogen-bond acceptors (Lipinski definition) is 9. The second-order valence-electron chi connectivity index (χ2n) is 5.69. The van der Waals surface area contributed by atoms with Crippen LogP contribution in [0.2, 0.25) is 0 Å². The minimum atomic E-state index is -0.722. The largest absolute Gasteiger partial charge is 0.497 e. The molecule has 3 rings (SSSR count). The molecule has 0 radical (unpaired) electrons. The summed E-state index contributed by atoms with van der Waals surface area (Å²) < 4.78 is 15.1. The Kier molecular flexibility index (Phi) is 5.69. The maximum absolute atomic E-state index is 12.3. The second-order valence-corrected chi connectivity index (χ2v) is 6.68. The molecule has 2 amide bonds. The lowest BCUT2D eigenvalue weighted by Crippen LogP contribution is -2.34. The van der Waals surface area contributed by atoms with Crippen molar-refractivity contribution in [2.24, 2.45) is 0 Å². The van der Waals surface area contributed by atoms with E-state index < -0.39 is 28.6 Å². The lowest BCUT2D eigenvalue weighted by Gasteiger charge is -2.09. The van der Waals surface area contributed by atoms with Crippen LogP contribution in [0.5, 0.6) is 5.75 Å². The van der Waals surface area contributed by atoms with Crippen LogP contribution in [-0.2, 0) is 14.3 Å². The standard InChI is InChI=1S/C18H14N2O8S/c1-26-10-3-5-12(13(7-10)20(24)25)14-6-4-11(28-14)8-15-17(22)19(18(23)29-15)9-16(21)27-2/h3-8H,9H2,1-2H3/b15-8-. The van der Waals surface area contributed by atoms with Gasteiger partial charge in [-0.1, -0.05) is 0 Å². The normalized spacial score (nSPS) is 15.1. The first kappa shape index (κ1) is 20.1. The Morgan fingerprint density at radius 1 is 1.28 bits per heavy atom. The van der Waals surface area contributed by atoms with Crippen LogP contribution in [0, 0.1) is 10.1 Å². The van der Waals surface area contributed by atoms with Crippen molar-refractivity contribution >= 4 is 40.6 Å². The predicted octanol–water partition coefficient (Wildman–Crippen LogP) is 3.07. The van der Waals surface area contributed by atoms with E-state index in [9.17, 15) is 24.5 Å². The van der Waals surface area contributed by atoms with Gasteiger partial charge in [0.2, 0.25) is 0 Å². The SMILES string of the molecule is COC(=O)CN1C(=O)S/C(=C\c2ccc(-c3ccc(OC)cc3[N+](=O)[O-])o2)C1=O. The number of benzene rings is 1. The van der Waals surface area contributed by atoms with E-state index in [1.54, 1.807) is 6.07 Å². The van der Waals surface area contributed by atoms with Gasteiger partial charge in [0.1, 0.15) is 23.8 Å². The van der Waals surface area contributed by atoms with Crippen molar-refractivity contribution in [3.63, 3.8) is 0 Å². The third-order valence-electron chi connectivity index (χ3n) is 3.96. The fraction of sp³-hybridized carbons (Fsp3) is 0.167. The van der Waals surface area contributed by atoms with Gasteiger partial charge in [-0.3, -0.25) is 29.4 Å². The molecule has 2 aromatic rings. The quantitative estimate of drug-likeness (QED) is 0.301. The van der Waals surface area contributed by atoms with Crippen molar-refractivity contribution < 1.29 is 33.2 Å². The number of nitro benzene ring substituents is 1. The molecule has 0 N–H and O–H groups in total. The Labute approximate surface area is 168 Å². The molecular formula is C18H14N2O8S. The van der Waals surface area contributed by atoms with Gasteiger partial charge in [-0.2, -0.15) is 0 Å². The summed E-state index contributed by atoms with van der Waals surface area (Å²) in [7, 11) is 2.55. The predicted molar refractivity (Wildman–Crippen MR) is 102 cm³/mol. The van der Waals surface area contributed by atoms with E-state index >= 15 is 0 Å². The molecule has 150 valence electrons. The van der Waals surface area contributed by atoms with Gasteiger partial charge >= 0.3 is 5.97 Å². The summed E-state index contributed by atoms with van der Waals surface area (Å²) in [6.45, 7) is -0.486. The number of carbonyl (C=O) groups is 3. The smallest absolute Gasteiger partial charge is 0.325 e. The van der Waals surface area contributed by atoms with Gasteiger partial charge in [0.05, 0.1) is 35.7 Å². The molecule has 10 nitrogen and oxygen atoms in total. The summed E-state index contributed by atoms with van der Waals surface area (Å²) in [4.78, 5) is 47.2. The third kappa shape index (κ3) is 4.14. The van der Waals surface area contributed by atoms with Crippen LogP contribution in [0.25, 0.3) is 17.4 Å². The number of amides is 2. The van der Waals surface area contributed by atoms with Gasteiger partial charge in [0.15, 0.2) is 0 Å².